The lowest BCUT2D eigenvalue weighted by molar-refractivity contribution is -0.135. The van der Waals surface area contributed by atoms with Gasteiger partial charge in [-0.3, -0.25) is 9.69 Å². The predicted octanol–water partition coefficient (Wildman–Crippen LogP) is 3.84. The van der Waals surface area contributed by atoms with Crippen molar-refractivity contribution in [3.05, 3.63) is 29.8 Å². The summed E-state index contributed by atoms with van der Waals surface area (Å²) in [5.74, 6) is 1.49. The lowest BCUT2D eigenvalue weighted by Gasteiger charge is -2.41. The van der Waals surface area contributed by atoms with Gasteiger partial charge in [-0.2, -0.15) is 0 Å². The summed E-state index contributed by atoms with van der Waals surface area (Å²) in [6.45, 7) is 5.26. The molecule has 1 saturated carbocycles. The molecule has 1 N–H and O–H groups in total. The van der Waals surface area contributed by atoms with E-state index in [2.05, 4.69) is 28.0 Å². The number of amides is 1. The van der Waals surface area contributed by atoms with Gasteiger partial charge in [0.1, 0.15) is 12.4 Å². The molecule has 0 radical (unpaired) electrons. The number of carbonyl (C=O) groups is 1. The van der Waals surface area contributed by atoms with E-state index >= 15 is 0 Å². The van der Waals surface area contributed by atoms with Gasteiger partial charge < -0.3 is 14.7 Å². The maximum absolute atomic E-state index is 13.1. The topological polar surface area (TPSA) is 53.0 Å². The first-order valence-corrected chi connectivity index (χ1v) is 12.0. The number of para-hydroxylation sites is 1. The average Bonchev–Trinajstić information content (AvgIpc) is 3.31. The summed E-state index contributed by atoms with van der Waals surface area (Å²) in [6, 6.07) is 8.32. The van der Waals surface area contributed by atoms with Crippen molar-refractivity contribution < 1.29 is 14.6 Å². The van der Waals surface area contributed by atoms with E-state index in [9.17, 15) is 9.90 Å². The van der Waals surface area contributed by atoms with E-state index in [4.69, 9.17) is 4.74 Å². The van der Waals surface area contributed by atoms with Gasteiger partial charge in [-0.15, -0.1) is 0 Å². The second-order valence-corrected chi connectivity index (χ2v) is 9.65. The highest BCUT2D eigenvalue weighted by Crippen LogP contribution is 2.37. The lowest BCUT2D eigenvalue weighted by atomic mass is 9.75. The van der Waals surface area contributed by atoms with Crippen molar-refractivity contribution in [3.63, 3.8) is 0 Å². The van der Waals surface area contributed by atoms with Crippen LogP contribution in [0.3, 0.4) is 0 Å². The first-order valence-electron chi connectivity index (χ1n) is 12.0. The third-order valence-corrected chi connectivity index (χ3v) is 7.64. The van der Waals surface area contributed by atoms with Crippen LogP contribution in [0.2, 0.25) is 0 Å². The maximum atomic E-state index is 13.1. The van der Waals surface area contributed by atoms with Crippen LogP contribution in [-0.4, -0.2) is 60.2 Å². The highest BCUT2D eigenvalue weighted by Gasteiger charge is 2.34. The van der Waals surface area contributed by atoms with Gasteiger partial charge in [0.25, 0.3) is 0 Å². The van der Waals surface area contributed by atoms with Crippen LogP contribution in [0.15, 0.2) is 24.3 Å². The smallest absolute Gasteiger partial charge is 0.225 e. The monoisotopic (exact) mass is 414 g/mol. The molecule has 3 heterocycles. The van der Waals surface area contributed by atoms with Gasteiger partial charge in [0.05, 0.1) is 6.54 Å². The molecule has 1 aliphatic carbocycles. The number of ether oxygens (including phenoxy) is 1. The van der Waals surface area contributed by atoms with Crippen LogP contribution >= 0.6 is 0 Å². The van der Waals surface area contributed by atoms with Gasteiger partial charge >= 0.3 is 0 Å². The Morgan fingerprint density at radius 3 is 2.53 bits per heavy atom. The summed E-state index contributed by atoms with van der Waals surface area (Å²) in [5.41, 5.74) is 1.28. The number of hydrogen-bond acceptors (Lipinski definition) is 4. The van der Waals surface area contributed by atoms with Crippen LogP contribution in [0.5, 0.6) is 5.75 Å². The number of rotatable bonds is 2. The zero-order valence-corrected chi connectivity index (χ0v) is 18.4. The van der Waals surface area contributed by atoms with E-state index in [1.165, 1.54) is 18.4 Å². The Labute approximate surface area is 181 Å². The Balaban J connectivity index is 1.49. The van der Waals surface area contributed by atoms with Gasteiger partial charge in [-0.25, -0.2) is 0 Å². The Morgan fingerprint density at radius 1 is 1.00 bits per heavy atom. The van der Waals surface area contributed by atoms with Crippen LogP contribution in [-0.2, 0) is 11.3 Å². The molecule has 1 amide bonds. The van der Waals surface area contributed by atoms with Crippen molar-refractivity contribution in [2.24, 2.45) is 11.3 Å². The molecule has 0 atom stereocenters. The molecule has 0 unspecified atom stereocenters. The van der Waals surface area contributed by atoms with Crippen molar-refractivity contribution in [3.8, 4) is 5.75 Å². The normalized spacial score (nSPS) is 29.0. The van der Waals surface area contributed by atoms with E-state index in [0.29, 0.717) is 19.1 Å². The van der Waals surface area contributed by atoms with Gasteiger partial charge in [0.2, 0.25) is 5.91 Å². The molecule has 0 spiro atoms. The van der Waals surface area contributed by atoms with E-state index in [1.807, 2.05) is 6.07 Å². The highest BCUT2D eigenvalue weighted by molar-refractivity contribution is 5.79. The summed E-state index contributed by atoms with van der Waals surface area (Å²) in [4.78, 5) is 17.7. The summed E-state index contributed by atoms with van der Waals surface area (Å²) < 4.78 is 6.19. The Morgan fingerprint density at radius 2 is 1.77 bits per heavy atom. The molecule has 1 saturated heterocycles. The number of hydrogen-bond donors (Lipinski definition) is 1. The number of aliphatic hydroxyl groups is 1. The Kier molecular flexibility index (Phi) is 7.32. The standard InChI is InChI=1S/C25H38N2O3/c28-20-25-11-5-6-14-27(24(29)21-7-1-2-8-21)17-18-30-23-10-4-3-9-22(23)19-26(15-12-25)16-13-25/h3-4,9-10,21,28H,1-2,5-8,11-20H2. The molecule has 1 aromatic rings. The zero-order chi connectivity index (χ0) is 20.8. The zero-order valence-electron chi connectivity index (χ0n) is 18.4. The van der Waals surface area contributed by atoms with E-state index in [1.54, 1.807) is 0 Å². The molecule has 3 aliphatic heterocycles. The van der Waals surface area contributed by atoms with E-state index in [-0.39, 0.29) is 17.9 Å². The first kappa shape index (κ1) is 21.6. The van der Waals surface area contributed by atoms with Crippen molar-refractivity contribution >= 4 is 5.91 Å². The minimum absolute atomic E-state index is 0.0625. The van der Waals surface area contributed by atoms with Crippen LogP contribution in [0.25, 0.3) is 0 Å². The summed E-state index contributed by atoms with van der Waals surface area (Å²) in [5, 5.41) is 10.2. The number of piperidine rings is 1. The fraction of sp³-hybridized carbons (Fsp3) is 0.720. The average molecular weight is 415 g/mol. The summed E-state index contributed by atoms with van der Waals surface area (Å²) >= 11 is 0. The second-order valence-electron chi connectivity index (χ2n) is 9.65. The highest BCUT2D eigenvalue weighted by atomic mass is 16.5. The van der Waals surface area contributed by atoms with Gasteiger partial charge in [-0.05, 0) is 63.1 Å². The predicted molar refractivity (Wildman–Crippen MR) is 118 cm³/mol. The second kappa shape index (κ2) is 10.1. The van der Waals surface area contributed by atoms with Crippen LogP contribution in [0.1, 0.15) is 63.4 Å². The van der Waals surface area contributed by atoms with Crippen molar-refractivity contribution in [1.82, 2.24) is 9.80 Å². The van der Waals surface area contributed by atoms with Crippen LogP contribution in [0.4, 0.5) is 0 Å². The molecule has 5 heteroatoms. The van der Waals surface area contributed by atoms with Gasteiger partial charge in [-0.1, -0.05) is 37.5 Å². The molecule has 1 aromatic carbocycles. The molecule has 4 aliphatic rings. The number of aliphatic hydroxyl groups excluding tert-OH is 1. The Bertz CT molecular complexity index is 693. The Hall–Kier alpha value is -1.59. The maximum Gasteiger partial charge on any atom is 0.225 e. The van der Waals surface area contributed by atoms with E-state index < -0.39 is 0 Å². The minimum atomic E-state index is 0.0625. The SMILES string of the molecule is O=C(C1CCCC1)N1CCCCC2(CO)CCN(CC2)Cc2ccccc2OCC1. The molecule has 5 nitrogen and oxygen atoms in total. The molecule has 30 heavy (non-hydrogen) atoms. The van der Waals surface area contributed by atoms with Gasteiger partial charge in [0, 0.05) is 31.2 Å². The summed E-state index contributed by atoms with van der Waals surface area (Å²) in [7, 11) is 0. The van der Waals surface area contributed by atoms with Crippen molar-refractivity contribution in [2.75, 3.05) is 39.4 Å². The fourth-order valence-corrected chi connectivity index (χ4v) is 5.52. The third-order valence-electron chi connectivity index (χ3n) is 7.64. The largest absolute Gasteiger partial charge is 0.491 e. The van der Waals surface area contributed by atoms with Crippen LogP contribution in [0, 0.1) is 11.3 Å². The molecular formula is C25H38N2O3. The molecule has 2 fully saturated rings. The minimum Gasteiger partial charge on any atom is -0.491 e. The lowest BCUT2D eigenvalue weighted by Crippen LogP contribution is -2.41. The quantitative estimate of drug-likeness (QED) is 0.799. The van der Waals surface area contributed by atoms with Crippen molar-refractivity contribution in [1.29, 1.82) is 0 Å². The number of carbonyl (C=O) groups excluding carboxylic acids is 1. The van der Waals surface area contributed by atoms with Crippen molar-refractivity contribution in [2.45, 2.75) is 64.3 Å². The number of benzene rings is 1. The molecular weight excluding hydrogens is 376 g/mol. The first-order chi connectivity index (χ1) is 14.7. The fourth-order valence-electron chi connectivity index (χ4n) is 5.52. The molecule has 166 valence electrons. The number of fused-ring (bicyclic) bond motifs is 9. The molecule has 0 aromatic heterocycles. The van der Waals surface area contributed by atoms with Crippen LogP contribution < -0.4 is 4.74 Å². The van der Waals surface area contributed by atoms with E-state index in [0.717, 1.165) is 76.9 Å². The summed E-state index contributed by atoms with van der Waals surface area (Å²) in [6.07, 6.45) is 9.72. The molecule has 2 bridgehead atoms. The number of nitrogens with zero attached hydrogens (tertiary/aromatic N) is 2. The van der Waals surface area contributed by atoms with Gasteiger partial charge in [0.15, 0.2) is 0 Å². The molecule has 5 rings (SSSR count). The third kappa shape index (κ3) is 5.17.